The molecule has 11 heteroatoms. The second-order valence-corrected chi connectivity index (χ2v) is 9.37. The lowest BCUT2D eigenvalue weighted by Gasteiger charge is -2.16. The third kappa shape index (κ3) is 5.55. The summed E-state index contributed by atoms with van der Waals surface area (Å²) in [6.07, 6.45) is 3.37. The van der Waals surface area contributed by atoms with Gasteiger partial charge in [-0.3, -0.25) is 4.72 Å². The van der Waals surface area contributed by atoms with Gasteiger partial charge in [0, 0.05) is 5.56 Å². The number of aromatic hydroxyl groups is 1. The molecule has 0 aliphatic rings. The second-order valence-electron chi connectivity index (χ2n) is 7.28. The summed E-state index contributed by atoms with van der Waals surface area (Å²) in [4.78, 5) is -0.0988. The Hall–Kier alpha value is -3.76. The minimum atomic E-state index is -4.12. The lowest BCUT2D eigenvalue weighted by molar-refractivity contribution is 0.324. The SMILES string of the molecule is COc1ccc(S(=O)(=O)Nc2c(/C=C\c3cc(OC)c(OC)c(OC)c3)ccc(O)c2OC)cc1Cl. The minimum absolute atomic E-state index is 0.0353. The van der Waals surface area contributed by atoms with E-state index in [1.807, 2.05) is 0 Å². The zero-order valence-electron chi connectivity index (χ0n) is 20.3. The molecule has 9 nitrogen and oxygen atoms in total. The highest BCUT2D eigenvalue weighted by molar-refractivity contribution is 7.92. The Balaban J connectivity index is 2.07. The first-order chi connectivity index (χ1) is 17.2. The van der Waals surface area contributed by atoms with Crippen LogP contribution in [0.4, 0.5) is 5.69 Å². The van der Waals surface area contributed by atoms with Crippen molar-refractivity contribution in [2.24, 2.45) is 0 Å². The highest BCUT2D eigenvalue weighted by Crippen LogP contribution is 2.41. The number of ether oxygens (including phenoxy) is 5. The molecule has 36 heavy (non-hydrogen) atoms. The first-order valence-electron chi connectivity index (χ1n) is 10.4. The first kappa shape index (κ1) is 26.8. The average molecular weight is 536 g/mol. The van der Waals surface area contributed by atoms with Crippen molar-refractivity contribution in [2.45, 2.75) is 4.90 Å². The summed E-state index contributed by atoms with van der Waals surface area (Å²) >= 11 is 6.12. The van der Waals surface area contributed by atoms with Gasteiger partial charge in [-0.15, -0.1) is 0 Å². The normalized spacial score (nSPS) is 11.3. The molecule has 0 radical (unpaired) electrons. The summed E-state index contributed by atoms with van der Waals surface area (Å²) in [5.74, 6) is 1.39. The quantitative estimate of drug-likeness (QED) is 0.346. The molecule has 0 spiro atoms. The van der Waals surface area contributed by atoms with Crippen LogP contribution in [0.2, 0.25) is 5.02 Å². The van der Waals surface area contributed by atoms with Crippen molar-refractivity contribution in [2.75, 3.05) is 40.3 Å². The third-order valence-electron chi connectivity index (χ3n) is 5.19. The topological polar surface area (TPSA) is 113 Å². The van der Waals surface area contributed by atoms with Gasteiger partial charge in [-0.05, 0) is 48.0 Å². The van der Waals surface area contributed by atoms with E-state index in [2.05, 4.69) is 4.72 Å². The van der Waals surface area contributed by atoms with Crippen molar-refractivity contribution in [3.05, 3.63) is 58.6 Å². The van der Waals surface area contributed by atoms with Gasteiger partial charge in [0.05, 0.1) is 45.5 Å². The third-order valence-corrected chi connectivity index (χ3v) is 6.83. The fraction of sp³-hybridized carbons (Fsp3) is 0.200. The maximum absolute atomic E-state index is 13.2. The Morgan fingerprint density at radius 3 is 1.92 bits per heavy atom. The Morgan fingerprint density at radius 2 is 1.39 bits per heavy atom. The molecule has 2 N–H and O–H groups in total. The largest absolute Gasteiger partial charge is 0.504 e. The highest BCUT2D eigenvalue weighted by Gasteiger charge is 2.22. The van der Waals surface area contributed by atoms with Crippen LogP contribution in [0.3, 0.4) is 0 Å². The number of halogens is 1. The maximum Gasteiger partial charge on any atom is 0.262 e. The predicted octanol–water partition coefficient (Wildman–Crippen LogP) is 5.06. The molecule has 0 fully saturated rings. The fourth-order valence-electron chi connectivity index (χ4n) is 3.43. The van der Waals surface area contributed by atoms with E-state index >= 15 is 0 Å². The molecule has 3 aromatic rings. The van der Waals surface area contributed by atoms with Crippen LogP contribution in [0.1, 0.15) is 11.1 Å². The van der Waals surface area contributed by atoms with Crippen LogP contribution >= 0.6 is 11.6 Å². The lowest BCUT2D eigenvalue weighted by atomic mass is 10.1. The van der Waals surface area contributed by atoms with Crippen molar-refractivity contribution in [3.8, 4) is 34.5 Å². The molecule has 0 aliphatic heterocycles. The van der Waals surface area contributed by atoms with E-state index in [4.69, 9.17) is 35.3 Å². The summed E-state index contributed by atoms with van der Waals surface area (Å²) in [5.41, 5.74) is 1.14. The summed E-state index contributed by atoms with van der Waals surface area (Å²) in [6, 6.07) is 10.5. The van der Waals surface area contributed by atoms with Crippen LogP contribution in [0.15, 0.2) is 47.4 Å². The molecule has 0 saturated heterocycles. The molecule has 3 rings (SSSR count). The number of benzene rings is 3. The van der Waals surface area contributed by atoms with Crippen LogP contribution < -0.4 is 28.4 Å². The molecule has 0 aromatic heterocycles. The smallest absolute Gasteiger partial charge is 0.262 e. The molecule has 0 unspecified atom stereocenters. The van der Waals surface area contributed by atoms with Crippen LogP contribution in [-0.2, 0) is 10.0 Å². The van der Waals surface area contributed by atoms with Crippen LogP contribution in [0.5, 0.6) is 34.5 Å². The van der Waals surface area contributed by atoms with Gasteiger partial charge in [-0.1, -0.05) is 23.8 Å². The van der Waals surface area contributed by atoms with Gasteiger partial charge in [0.15, 0.2) is 23.0 Å². The number of phenols is 1. The van der Waals surface area contributed by atoms with E-state index in [9.17, 15) is 13.5 Å². The van der Waals surface area contributed by atoms with Crippen LogP contribution in [0, 0.1) is 0 Å². The van der Waals surface area contributed by atoms with E-state index in [1.54, 1.807) is 30.4 Å². The Morgan fingerprint density at radius 1 is 0.778 bits per heavy atom. The first-order valence-corrected chi connectivity index (χ1v) is 12.3. The average Bonchev–Trinajstić information content (AvgIpc) is 2.87. The van der Waals surface area contributed by atoms with Crippen molar-refractivity contribution in [3.63, 3.8) is 0 Å². The molecule has 0 bridgehead atoms. The van der Waals surface area contributed by atoms with Gasteiger partial charge in [-0.25, -0.2) is 8.42 Å². The predicted molar refractivity (Wildman–Crippen MR) is 138 cm³/mol. The molecule has 0 atom stereocenters. The molecule has 0 saturated carbocycles. The van der Waals surface area contributed by atoms with Crippen LogP contribution in [0.25, 0.3) is 12.2 Å². The highest BCUT2D eigenvalue weighted by atomic mass is 35.5. The van der Waals surface area contributed by atoms with E-state index in [1.165, 1.54) is 59.8 Å². The minimum Gasteiger partial charge on any atom is -0.504 e. The van der Waals surface area contributed by atoms with E-state index in [-0.39, 0.29) is 27.1 Å². The molecular formula is C25H26ClNO8S. The lowest BCUT2D eigenvalue weighted by Crippen LogP contribution is -2.14. The zero-order valence-corrected chi connectivity index (χ0v) is 21.9. The molecule has 0 amide bonds. The van der Waals surface area contributed by atoms with E-state index in [0.29, 0.717) is 34.1 Å². The number of nitrogens with one attached hydrogen (secondary N) is 1. The zero-order chi connectivity index (χ0) is 26.5. The van der Waals surface area contributed by atoms with Gasteiger partial charge in [0.1, 0.15) is 11.4 Å². The Bertz CT molecular complexity index is 1360. The van der Waals surface area contributed by atoms with E-state index < -0.39 is 10.0 Å². The summed E-state index contributed by atoms with van der Waals surface area (Å²) < 4.78 is 55.4. The molecular weight excluding hydrogens is 510 g/mol. The Kier molecular flexibility index (Phi) is 8.44. The van der Waals surface area contributed by atoms with Crippen molar-refractivity contribution < 1.29 is 37.2 Å². The van der Waals surface area contributed by atoms with Gasteiger partial charge in [-0.2, -0.15) is 0 Å². The van der Waals surface area contributed by atoms with Gasteiger partial charge in [0.2, 0.25) is 5.75 Å². The maximum atomic E-state index is 13.2. The summed E-state index contributed by atoms with van der Waals surface area (Å²) in [7, 11) is 3.16. The van der Waals surface area contributed by atoms with Crippen molar-refractivity contribution in [1.82, 2.24) is 0 Å². The van der Waals surface area contributed by atoms with Crippen LogP contribution in [-0.4, -0.2) is 49.1 Å². The number of rotatable bonds is 10. The number of sulfonamides is 1. The van der Waals surface area contributed by atoms with E-state index in [0.717, 1.165) is 0 Å². The second kappa shape index (κ2) is 11.3. The molecule has 0 heterocycles. The standard InChI is InChI=1S/C25H26ClNO8S/c1-31-20-11-9-17(14-18(20)26)36(29,30)27-23-16(8-10-19(28)24(23)34-4)7-6-15-12-21(32-2)25(35-5)22(13-15)33-3/h6-14,27-28H,1-5H3/b7-6-. The monoisotopic (exact) mass is 535 g/mol. The number of hydrogen-bond acceptors (Lipinski definition) is 8. The Labute approximate surface area is 214 Å². The fourth-order valence-corrected chi connectivity index (χ4v) is 4.87. The molecule has 3 aromatic carbocycles. The number of methoxy groups -OCH3 is 5. The van der Waals surface area contributed by atoms with Crippen molar-refractivity contribution >= 4 is 39.5 Å². The van der Waals surface area contributed by atoms with Gasteiger partial charge >= 0.3 is 0 Å². The van der Waals surface area contributed by atoms with Gasteiger partial charge in [0.25, 0.3) is 10.0 Å². The number of hydrogen-bond donors (Lipinski definition) is 2. The molecule has 192 valence electrons. The summed E-state index contributed by atoms with van der Waals surface area (Å²) in [5, 5.41) is 10.4. The summed E-state index contributed by atoms with van der Waals surface area (Å²) in [6.45, 7) is 0. The molecule has 0 aliphatic carbocycles. The number of phenolic OH excluding ortho intramolecular Hbond substituents is 1. The number of anilines is 1. The van der Waals surface area contributed by atoms with Gasteiger partial charge < -0.3 is 28.8 Å². The van der Waals surface area contributed by atoms with Crippen molar-refractivity contribution in [1.29, 1.82) is 0 Å².